The molecule has 0 aromatic carbocycles. The maximum absolute atomic E-state index is 11.3. The van der Waals surface area contributed by atoms with E-state index in [1.54, 1.807) is 0 Å². The average Bonchev–Trinajstić information content (AvgIpc) is 2.55. The normalized spacial score (nSPS) is 30.3. The van der Waals surface area contributed by atoms with Crippen molar-refractivity contribution in [1.29, 1.82) is 0 Å². The van der Waals surface area contributed by atoms with E-state index in [1.165, 1.54) is 6.92 Å². The maximum atomic E-state index is 11.3. The number of hydrogen-bond acceptors (Lipinski definition) is 8. The van der Waals surface area contributed by atoms with Gasteiger partial charge in [-0.15, -0.1) is 0 Å². The minimum absolute atomic E-state index is 0.162. The summed E-state index contributed by atoms with van der Waals surface area (Å²) in [7, 11) is 0. The molecule has 0 saturated carbocycles. The van der Waals surface area contributed by atoms with Crippen LogP contribution >= 0.6 is 0 Å². The van der Waals surface area contributed by atoms with Crippen LogP contribution < -0.4 is 5.32 Å². The number of ether oxygens (including phenoxy) is 4. The highest BCUT2D eigenvalue weighted by atomic mass is 16.7. The molecular weight excluding hydrogens is 322 g/mol. The van der Waals surface area contributed by atoms with Crippen molar-refractivity contribution >= 4 is 5.91 Å². The molecule has 0 spiro atoms. The molecule has 0 bridgehead atoms. The number of aliphatic hydroxyl groups excluding tert-OH is 3. The summed E-state index contributed by atoms with van der Waals surface area (Å²) in [6.45, 7) is 4.90. The van der Waals surface area contributed by atoms with Crippen LogP contribution in [0, 0.1) is 0 Å². The van der Waals surface area contributed by atoms with Crippen LogP contribution in [0.5, 0.6) is 0 Å². The predicted molar refractivity (Wildman–Crippen MR) is 83.2 cm³/mol. The third-order valence-corrected chi connectivity index (χ3v) is 3.48. The van der Waals surface area contributed by atoms with E-state index >= 15 is 0 Å². The third kappa shape index (κ3) is 6.98. The van der Waals surface area contributed by atoms with Crippen LogP contribution in [-0.4, -0.2) is 91.5 Å². The fourth-order valence-corrected chi connectivity index (χ4v) is 2.30. The number of hydrogen-bond donors (Lipinski definition) is 4. The van der Waals surface area contributed by atoms with Crippen LogP contribution in [0.25, 0.3) is 0 Å². The minimum Gasteiger partial charge on any atom is -0.394 e. The van der Waals surface area contributed by atoms with E-state index in [1.807, 2.05) is 6.92 Å². The van der Waals surface area contributed by atoms with Crippen molar-refractivity contribution < 1.29 is 39.1 Å². The van der Waals surface area contributed by atoms with Gasteiger partial charge in [0.15, 0.2) is 6.29 Å². The molecule has 5 atom stereocenters. The second-order valence-corrected chi connectivity index (χ2v) is 5.53. The number of carbonyl (C=O) groups is 1. The van der Waals surface area contributed by atoms with Gasteiger partial charge in [0.25, 0.3) is 0 Å². The highest BCUT2D eigenvalue weighted by Gasteiger charge is 2.45. The van der Waals surface area contributed by atoms with E-state index in [4.69, 9.17) is 18.9 Å². The first-order valence-corrected chi connectivity index (χ1v) is 8.17. The van der Waals surface area contributed by atoms with Crippen LogP contribution in [0.1, 0.15) is 20.3 Å². The summed E-state index contributed by atoms with van der Waals surface area (Å²) in [5, 5.41) is 31.7. The number of rotatable bonds is 11. The van der Waals surface area contributed by atoms with Crippen molar-refractivity contribution in [3.05, 3.63) is 0 Å². The molecule has 9 nitrogen and oxygen atoms in total. The number of amides is 1. The quantitative estimate of drug-likeness (QED) is 0.328. The molecule has 9 heteroatoms. The van der Waals surface area contributed by atoms with Crippen molar-refractivity contribution in [2.24, 2.45) is 0 Å². The van der Waals surface area contributed by atoms with Gasteiger partial charge in [-0.05, 0) is 6.42 Å². The van der Waals surface area contributed by atoms with Crippen molar-refractivity contribution in [1.82, 2.24) is 5.32 Å². The molecule has 0 radical (unpaired) electrons. The molecule has 142 valence electrons. The van der Waals surface area contributed by atoms with Crippen molar-refractivity contribution in [3.63, 3.8) is 0 Å². The van der Waals surface area contributed by atoms with E-state index in [0.717, 1.165) is 6.42 Å². The van der Waals surface area contributed by atoms with Crippen molar-refractivity contribution in [3.8, 4) is 0 Å². The summed E-state index contributed by atoms with van der Waals surface area (Å²) < 4.78 is 21.5. The Morgan fingerprint density at radius 1 is 1.08 bits per heavy atom. The van der Waals surface area contributed by atoms with Gasteiger partial charge < -0.3 is 39.6 Å². The molecule has 1 heterocycles. The van der Waals surface area contributed by atoms with E-state index < -0.39 is 43.2 Å². The zero-order chi connectivity index (χ0) is 17.9. The standard InChI is InChI=1S/C15H29NO8/c1-3-4-21-5-6-22-7-8-23-15-12(16-10(2)18)14(20)13(19)11(9-17)24-15/h11-15,17,19-20H,3-9H2,1-2H3,(H,16,18)/t11?,12?,13-,14?,15+/m0/s1. The number of aliphatic hydroxyl groups is 3. The fourth-order valence-electron chi connectivity index (χ4n) is 2.30. The molecule has 3 unspecified atom stereocenters. The van der Waals surface area contributed by atoms with Crippen LogP contribution in [0.2, 0.25) is 0 Å². The Morgan fingerprint density at radius 3 is 2.29 bits per heavy atom. The van der Waals surface area contributed by atoms with E-state index in [-0.39, 0.29) is 13.2 Å². The van der Waals surface area contributed by atoms with Gasteiger partial charge in [-0.3, -0.25) is 4.79 Å². The Labute approximate surface area is 141 Å². The summed E-state index contributed by atoms with van der Waals surface area (Å²) in [5.41, 5.74) is 0. The molecule has 1 amide bonds. The summed E-state index contributed by atoms with van der Waals surface area (Å²) in [4.78, 5) is 11.3. The second-order valence-electron chi connectivity index (χ2n) is 5.53. The third-order valence-electron chi connectivity index (χ3n) is 3.48. The first-order valence-electron chi connectivity index (χ1n) is 8.17. The maximum Gasteiger partial charge on any atom is 0.217 e. The largest absolute Gasteiger partial charge is 0.394 e. The molecule has 1 fully saturated rings. The molecule has 1 rings (SSSR count). The Kier molecular flexibility index (Phi) is 10.3. The zero-order valence-electron chi connectivity index (χ0n) is 14.2. The number of carbonyl (C=O) groups excluding carboxylic acids is 1. The fraction of sp³-hybridized carbons (Fsp3) is 0.933. The predicted octanol–water partition coefficient (Wildman–Crippen LogP) is -1.61. The summed E-state index contributed by atoms with van der Waals surface area (Å²) in [6.07, 6.45) is -3.66. The van der Waals surface area contributed by atoms with Gasteiger partial charge in [0.1, 0.15) is 24.4 Å². The van der Waals surface area contributed by atoms with Gasteiger partial charge in [-0.1, -0.05) is 6.92 Å². The van der Waals surface area contributed by atoms with Crippen LogP contribution in [0.4, 0.5) is 0 Å². The molecule has 1 saturated heterocycles. The molecule has 1 aliphatic rings. The lowest BCUT2D eigenvalue weighted by Gasteiger charge is -2.42. The highest BCUT2D eigenvalue weighted by molar-refractivity contribution is 5.73. The summed E-state index contributed by atoms with van der Waals surface area (Å²) in [5.74, 6) is -0.393. The van der Waals surface area contributed by atoms with Crippen molar-refractivity contribution in [2.45, 2.75) is 50.9 Å². The Hall–Kier alpha value is -0.810. The second kappa shape index (κ2) is 11.7. The van der Waals surface area contributed by atoms with Gasteiger partial charge in [0, 0.05) is 13.5 Å². The van der Waals surface area contributed by atoms with Gasteiger partial charge in [0.05, 0.1) is 33.0 Å². The SMILES string of the molecule is CCCOCCOCCO[C@@H]1OC(CO)[C@H](O)C(O)C1NC(C)=O. The highest BCUT2D eigenvalue weighted by Crippen LogP contribution is 2.22. The minimum atomic E-state index is -1.32. The first kappa shape index (κ1) is 21.2. The Bertz CT molecular complexity index is 356. The van der Waals surface area contributed by atoms with Gasteiger partial charge in [-0.25, -0.2) is 0 Å². The zero-order valence-corrected chi connectivity index (χ0v) is 14.2. The van der Waals surface area contributed by atoms with E-state index in [2.05, 4.69) is 5.32 Å². The van der Waals surface area contributed by atoms with Gasteiger partial charge in [-0.2, -0.15) is 0 Å². The van der Waals surface area contributed by atoms with Crippen LogP contribution in [-0.2, 0) is 23.7 Å². The van der Waals surface area contributed by atoms with Crippen LogP contribution in [0.15, 0.2) is 0 Å². The lowest BCUT2D eigenvalue weighted by Crippen LogP contribution is -2.64. The molecule has 0 aliphatic carbocycles. The first-order chi connectivity index (χ1) is 11.5. The number of nitrogens with one attached hydrogen (secondary N) is 1. The smallest absolute Gasteiger partial charge is 0.217 e. The molecule has 4 N–H and O–H groups in total. The molecule has 0 aromatic rings. The lowest BCUT2D eigenvalue weighted by atomic mass is 9.97. The molecule has 0 aromatic heterocycles. The topological polar surface area (TPSA) is 127 Å². The summed E-state index contributed by atoms with van der Waals surface area (Å²) in [6, 6.07) is -0.937. The van der Waals surface area contributed by atoms with Gasteiger partial charge in [0.2, 0.25) is 5.91 Å². The monoisotopic (exact) mass is 351 g/mol. The molecular formula is C15H29NO8. The van der Waals surface area contributed by atoms with Crippen molar-refractivity contribution in [2.75, 3.05) is 39.6 Å². The van der Waals surface area contributed by atoms with E-state index in [0.29, 0.717) is 19.8 Å². The Morgan fingerprint density at radius 2 is 1.71 bits per heavy atom. The van der Waals surface area contributed by atoms with Crippen LogP contribution in [0.3, 0.4) is 0 Å². The van der Waals surface area contributed by atoms with Gasteiger partial charge >= 0.3 is 0 Å². The lowest BCUT2D eigenvalue weighted by molar-refractivity contribution is -0.272. The average molecular weight is 351 g/mol. The summed E-state index contributed by atoms with van der Waals surface area (Å²) >= 11 is 0. The molecule has 24 heavy (non-hydrogen) atoms. The van der Waals surface area contributed by atoms with E-state index in [9.17, 15) is 20.1 Å². The Balaban J connectivity index is 2.39. The molecule has 1 aliphatic heterocycles.